The highest BCUT2D eigenvalue weighted by atomic mass is 19.1. The van der Waals surface area contributed by atoms with E-state index in [1.807, 2.05) is 42.1 Å². The summed E-state index contributed by atoms with van der Waals surface area (Å²) >= 11 is 0. The van der Waals surface area contributed by atoms with Crippen LogP contribution < -0.4 is 16.3 Å². The first-order valence-corrected chi connectivity index (χ1v) is 18.1. The molecule has 270 valence electrons. The number of alkyl halides is 1. The van der Waals surface area contributed by atoms with Crippen LogP contribution in [-0.4, -0.2) is 77.3 Å². The second kappa shape index (κ2) is 13.7. The molecule has 2 aliphatic heterocycles. The topological polar surface area (TPSA) is 149 Å². The van der Waals surface area contributed by atoms with E-state index in [4.69, 9.17) is 5.10 Å². The van der Waals surface area contributed by atoms with Gasteiger partial charge in [-0.2, -0.15) is 5.10 Å². The average Bonchev–Trinajstić information content (AvgIpc) is 3.66. The van der Waals surface area contributed by atoms with Gasteiger partial charge in [-0.3, -0.25) is 33.5 Å². The van der Waals surface area contributed by atoms with Gasteiger partial charge in [-0.25, -0.2) is 19.2 Å². The van der Waals surface area contributed by atoms with Crippen molar-refractivity contribution >= 4 is 45.5 Å². The summed E-state index contributed by atoms with van der Waals surface area (Å²) in [5, 5.41) is 10.9. The van der Waals surface area contributed by atoms with Crippen LogP contribution in [0.15, 0.2) is 59.7 Å². The lowest BCUT2D eigenvalue weighted by atomic mass is 9.83. The van der Waals surface area contributed by atoms with Crippen LogP contribution in [0.4, 0.5) is 10.2 Å². The van der Waals surface area contributed by atoms with Crippen LogP contribution in [-0.2, 0) is 16.6 Å². The molecule has 0 spiro atoms. The molecule has 3 amide bonds. The van der Waals surface area contributed by atoms with Gasteiger partial charge in [-0.15, -0.1) is 0 Å². The SMILES string of the molecule is Cc1cccc(C(=O)Nc2cc3cn([C@H]4CC[C@H](CN5CC[C@H](c6cccc7c6n(C)c(=O)n7C6CCC(=O)NC6=O)[C@@H](F)C5)CC4)nc3cn2)n1. The molecule has 3 fully saturated rings. The summed E-state index contributed by atoms with van der Waals surface area (Å²) < 4.78 is 21.1. The first kappa shape index (κ1) is 33.9. The van der Waals surface area contributed by atoms with Crippen molar-refractivity contribution in [2.24, 2.45) is 13.0 Å². The Morgan fingerprint density at radius 2 is 1.85 bits per heavy atom. The predicted octanol–water partition coefficient (Wildman–Crippen LogP) is 4.58. The number of nitrogens with zero attached hydrogens (tertiary/aromatic N) is 7. The van der Waals surface area contributed by atoms with Crippen LogP contribution in [0.2, 0.25) is 0 Å². The number of aromatic nitrogens is 6. The monoisotopic (exact) mass is 707 g/mol. The maximum atomic E-state index is 16.1. The smallest absolute Gasteiger partial charge is 0.305 e. The van der Waals surface area contributed by atoms with Crippen LogP contribution in [0.3, 0.4) is 0 Å². The molecule has 1 unspecified atom stereocenters. The molecule has 3 atom stereocenters. The summed E-state index contributed by atoms with van der Waals surface area (Å²) in [7, 11) is 1.67. The van der Waals surface area contributed by atoms with Gasteiger partial charge in [-0.1, -0.05) is 18.2 Å². The highest BCUT2D eigenvalue weighted by molar-refractivity contribution is 6.03. The number of carbonyl (C=O) groups excluding carboxylic acids is 3. The van der Waals surface area contributed by atoms with Crippen molar-refractivity contribution in [3.63, 3.8) is 0 Å². The number of likely N-dealkylation sites (tertiary alicyclic amines) is 1. The Balaban J connectivity index is 0.880. The van der Waals surface area contributed by atoms with Crippen LogP contribution in [0, 0.1) is 12.8 Å². The molecule has 6 heterocycles. The fourth-order valence-electron chi connectivity index (χ4n) is 8.49. The number of piperidine rings is 2. The van der Waals surface area contributed by atoms with E-state index in [0.717, 1.165) is 60.9 Å². The molecule has 52 heavy (non-hydrogen) atoms. The molecule has 5 aromatic rings. The van der Waals surface area contributed by atoms with Crippen molar-refractivity contribution in [2.45, 2.75) is 76.0 Å². The Bertz CT molecular complexity index is 2250. The maximum absolute atomic E-state index is 16.1. The van der Waals surface area contributed by atoms with Gasteiger partial charge in [0.05, 0.1) is 23.3 Å². The van der Waals surface area contributed by atoms with Crippen molar-refractivity contribution in [2.75, 3.05) is 25.0 Å². The number of carbonyl (C=O) groups is 3. The summed E-state index contributed by atoms with van der Waals surface area (Å²) in [5.41, 5.74) is 3.57. The Kier molecular flexibility index (Phi) is 8.94. The van der Waals surface area contributed by atoms with Crippen molar-refractivity contribution in [1.82, 2.24) is 39.1 Å². The van der Waals surface area contributed by atoms with Gasteiger partial charge < -0.3 is 10.2 Å². The van der Waals surface area contributed by atoms with E-state index in [9.17, 15) is 19.2 Å². The molecule has 0 bridgehead atoms. The minimum atomic E-state index is -1.10. The highest BCUT2D eigenvalue weighted by Gasteiger charge is 2.36. The average molecular weight is 708 g/mol. The third-order valence-corrected chi connectivity index (χ3v) is 11.2. The lowest BCUT2D eigenvalue weighted by Gasteiger charge is -2.38. The number of imide groups is 1. The lowest BCUT2D eigenvalue weighted by molar-refractivity contribution is -0.135. The third kappa shape index (κ3) is 6.40. The number of pyridine rings is 2. The minimum Gasteiger partial charge on any atom is -0.305 e. The number of aryl methyl sites for hydroxylation is 2. The van der Waals surface area contributed by atoms with Crippen molar-refractivity contribution in [3.05, 3.63) is 82.3 Å². The molecule has 14 heteroatoms. The second-order valence-corrected chi connectivity index (χ2v) is 14.6. The molecule has 1 saturated carbocycles. The molecule has 2 N–H and O–H groups in total. The van der Waals surface area contributed by atoms with Gasteiger partial charge in [0.2, 0.25) is 11.8 Å². The number of para-hydroxylation sites is 1. The fraction of sp³-hybridized carbons (Fsp3) is 0.447. The zero-order valence-corrected chi connectivity index (χ0v) is 29.3. The normalized spacial score (nSPS) is 24.3. The Morgan fingerprint density at radius 3 is 2.62 bits per heavy atom. The number of hydrogen-bond donors (Lipinski definition) is 2. The molecule has 2 saturated heterocycles. The summed E-state index contributed by atoms with van der Waals surface area (Å²) in [4.78, 5) is 61.4. The highest BCUT2D eigenvalue weighted by Crippen LogP contribution is 2.38. The number of imidazole rings is 1. The summed E-state index contributed by atoms with van der Waals surface area (Å²) in [6.45, 7) is 3.78. The van der Waals surface area contributed by atoms with Gasteiger partial charge >= 0.3 is 5.69 Å². The minimum absolute atomic E-state index is 0.167. The van der Waals surface area contributed by atoms with E-state index in [0.29, 0.717) is 41.4 Å². The molecular formula is C38H42FN9O4. The van der Waals surface area contributed by atoms with Crippen LogP contribution in [0.25, 0.3) is 21.9 Å². The summed E-state index contributed by atoms with van der Waals surface area (Å²) in [6.07, 6.45) is 7.66. The number of benzene rings is 1. The summed E-state index contributed by atoms with van der Waals surface area (Å²) in [5.74, 6) is -0.576. The van der Waals surface area contributed by atoms with Crippen molar-refractivity contribution in [3.8, 4) is 0 Å². The molecular weight excluding hydrogens is 665 g/mol. The molecule has 3 aliphatic rings. The number of hydrogen-bond acceptors (Lipinski definition) is 8. The van der Waals surface area contributed by atoms with Gasteiger partial charge in [0.15, 0.2) is 0 Å². The largest absolute Gasteiger partial charge is 0.329 e. The number of fused-ring (bicyclic) bond motifs is 2. The van der Waals surface area contributed by atoms with E-state index < -0.39 is 18.1 Å². The summed E-state index contributed by atoms with van der Waals surface area (Å²) in [6, 6.07) is 12.2. The standard InChI is InChI=1S/C38H42FN9O4/c1-22-5-3-7-29(41-22)36(50)42-33-17-24-20-47(44-30(24)18-40-33)25-11-9-23(10-12-25)19-46-16-15-26(28(39)21-46)27-6-4-8-31-35(27)45(2)38(52)48(31)32-13-14-34(49)43-37(32)51/h3-8,17-18,20,23,25-26,28,32H,9-16,19,21H2,1-2H3,(H,42,50)(H,43,49,51)/t23-,25-,26-,28+,32?/m1/s1. The molecule has 1 aliphatic carbocycles. The van der Waals surface area contributed by atoms with E-state index in [1.54, 1.807) is 31.4 Å². The van der Waals surface area contributed by atoms with E-state index >= 15 is 4.39 Å². The van der Waals surface area contributed by atoms with Crippen molar-refractivity contribution in [1.29, 1.82) is 0 Å². The second-order valence-electron chi connectivity index (χ2n) is 14.6. The third-order valence-electron chi connectivity index (χ3n) is 11.2. The number of anilines is 1. The Morgan fingerprint density at radius 1 is 1.04 bits per heavy atom. The van der Waals surface area contributed by atoms with E-state index in [1.165, 1.54) is 9.13 Å². The fourth-order valence-corrected chi connectivity index (χ4v) is 8.49. The molecule has 4 aromatic heterocycles. The van der Waals surface area contributed by atoms with Gasteiger partial charge in [0.25, 0.3) is 5.91 Å². The van der Waals surface area contributed by atoms with Crippen LogP contribution >= 0.6 is 0 Å². The van der Waals surface area contributed by atoms with Gasteiger partial charge in [0.1, 0.15) is 29.2 Å². The first-order chi connectivity index (χ1) is 25.1. The quantitative estimate of drug-likeness (QED) is 0.234. The first-order valence-electron chi connectivity index (χ1n) is 18.1. The number of nitrogens with one attached hydrogen (secondary N) is 2. The lowest BCUT2D eigenvalue weighted by Crippen LogP contribution is -2.44. The van der Waals surface area contributed by atoms with Crippen LogP contribution in [0.5, 0.6) is 0 Å². The number of amides is 3. The number of halogens is 1. The maximum Gasteiger partial charge on any atom is 0.329 e. The van der Waals surface area contributed by atoms with Crippen molar-refractivity contribution < 1.29 is 18.8 Å². The number of rotatable bonds is 7. The molecule has 8 rings (SSSR count). The van der Waals surface area contributed by atoms with E-state index in [2.05, 4.69) is 25.5 Å². The Labute approximate surface area is 299 Å². The Hall–Kier alpha value is -5.24. The van der Waals surface area contributed by atoms with Gasteiger partial charge in [-0.05, 0) is 87.7 Å². The molecule has 1 aromatic carbocycles. The zero-order valence-electron chi connectivity index (χ0n) is 29.3. The van der Waals surface area contributed by atoms with E-state index in [-0.39, 0.29) is 42.3 Å². The van der Waals surface area contributed by atoms with Crippen LogP contribution in [0.1, 0.15) is 84.7 Å². The molecule has 0 radical (unpaired) electrons. The molecule has 13 nitrogen and oxygen atoms in total. The predicted molar refractivity (Wildman–Crippen MR) is 193 cm³/mol. The van der Waals surface area contributed by atoms with Gasteiger partial charge in [0, 0.05) is 49.8 Å². The zero-order chi connectivity index (χ0) is 36.1.